The molecule has 2 rings (SSSR count). The molecule has 0 amide bonds. The van der Waals surface area contributed by atoms with Crippen molar-refractivity contribution in [2.24, 2.45) is 0 Å². The Kier molecular flexibility index (Phi) is 3.66. The highest BCUT2D eigenvalue weighted by Gasteiger charge is 2.40. The molecule has 1 saturated heterocycles. The molecule has 6 nitrogen and oxygen atoms in total. The van der Waals surface area contributed by atoms with E-state index in [0.717, 1.165) is 21.7 Å². The molecule has 0 aliphatic carbocycles. The lowest BCUT2D eigenvalue weighted by molar-refractivity contribution is -0.146. The smallest absolute Gasteiger partial charge is 0.324 e. The molecular formula is C9H10FNO5S2. The molecule has 1 fully saturated rings. The topological polar surface area (TPSA) is 83.9 Å². The number of hydrogen-bond donors (Lipinski definition) is 1. The number of carboxylic acids is 1. The first-order chi connectivity index (χ1) is 8.44. The minimum atomic E-state index is -4.13. The number of sulfonamides is 1. The summed E-state index contributed by atoms with van der Waals surface area (Å²) in [6.45, 7) is -0.242. The average molecular weight is 295 g/mol. The Morgan fingerprint density at radius 3 is 2.89 bits per heavy atom. The Labute approximate surface area is 107 Å². The van der Waals surface area contributed by atoms with Gasteiger partial charge in [-0.2, -0.15) is 4.31 Å². The number of carbonyl (C=O) groups is 1. The van der Waals surface area contributed by atoms with Crippen molar-refractivity contribution >= 4 is 27.3 Å². The average Bonchev–Trinajstić information content (AvgIpc) is 2.76. The zero-order valence-electron chi connectivity index (χ0n) is 9.08. The van der Waals surface area contributed by atoms with Crippen molar-refractivity contribution in [3.05, 3.63) is 17.3 Å². The Morgan fingerprint density at radius 1 is 1.61 bits per heavy atom. The summed E-state index contributed by atoms with van der Waals surface area (Å²) >= 11 is 0.726. The minimum Gasteiger partial charge on any atom is -0.480 e. The number of nitrogens with zero attached hydrogens (tertiary/aromatic N) is 1. The number of thiophene rings is 1. The van der Waals surface area contributed by atoms with Crippen LogP contribution in [-0.2, 0) is 19.6 Å². The van der Waals surface area contributed by atoms with Crippen LogP contribution in [0.4, 0.5) is 4.39 Å². The lowest BCUT2D eigenvalue weighted by atomic mass is 10.3. The molecule has 0 saturated carbocycles. The van der Waals surface area contributed by atoms with E-state index in [1.165, 1.54) is 5.38 Å². The number of rotatable bonds is 3. The summed E-state index contributed by atoms with van der Waals surface area (Å²) in [6.07, 6.45) is 0. The first kappa shape index (κ1) is 13.4. The normalized spacial score (nSPS) is 21.9. The zero-order valence-corrected chi connectivity index (χ0v) is 10.7. The molecule has 1 aromatic heterocycles. The van der Waals surface area contributed by atoms with Crippen LogP contribution in [0.2, 0.25) is 0 Å². The van der Waals surface area contributed by atoms with Gasteiger partial charge in [-0.05, 0) is 11.4 Å². The van der Waals surface area contributed by atoms with Gasteiger partial charge in [0.15, 0.2) is 10.0 Å². The molecule has 1 N–H and O–H groups in total. The second-order valence-corrected chi connectivity index (χ2v) is 6.60. The van der Waals surface area contributed by atoms with Gasteiger partial charge in [0.2, 0.25) is 0 Å². The van der Waals surface area contributed by atoms with Crippen LogP contribution in [0.15, 0.2) is 15.7 Å². The maximum absolute atomic E-state index is 13.4. The number of hydrogen-bond acceptors (Lipinski definition) is 5. The van der Waals surface area contributed by atoms with Crippen LogP contribution in [-0.4, -0.2) is 49.6 Å². The quantitative estimate of drug-likeness (QED) is 0.870. The first-order valence-corrected chi connectivity index (χ1v) is 7.32. The van der Waals surface area contributed by atoms with E-state index in [4.69, 9.17) is 9.84 Å². The summed E-state index contributed by atoms with van der Waals surface area (Å²) in [5.74, 6) is -2.18. The van der Waals surface area contributed by atoms with Gasteiger partial charge in [0.25, 0.3) is 10.0 Å². The van der Waals surface area contributed by atoms with Crippen LogP contribution in [0.1, 0.15) is 0 Å². The van der Waals surface area contributed by atoms with Crippen molar-refractivity contribution in [2.75, 3.05) is 19.8 Å². The third kappa shape index (κ3) is 2.26. The van der Waals surface area contributed by atoms with Gasteiger partial charge in [0.1, 0.15) is 6.04 Å². The van der Waals surface area contributed by atoms with Crippen LogP contribution < -0.4 is 0 Å². The largest absolute Gasteiger partial charge is 0.480 e. The van der Waals surface area contributed by atoms with Crippen LogP contribution in [0, 0.1) is 5.82 Å². The van der Waals surface area contributed by atoms with Crippen molar-refractivity contribution in [1.29, 1.82) is 0 Å². The molecule has 0 radical (unpaired) electrons. The molecule has 9 heteroatoms. The fourth-order valence-corrected chi connectivity index (χ4v) is 4.40. The molecule has 1 aliphatic heterocycles. The molecule has 2 heterocycles. The van der Waals surface area contributed by atoms with Gasteiger partial charge in [0.05, 0.1) is 13.2 Å². The lowest BCUT2D eigenvalue weighted by Crippen LogP contribution is -2.52. The number of aliphatic carboxylic acids is 1. The van der Waals surface area contributed by atoms with E-state index in [1.54, 1.807) is 0 Å². The molecule has 0 spiro atoms. The van der Waals surface area contributed by atoms with Crippen LogP contribution in [0.5, 0.6) is 0 Å². The summed E-state index contributed by atoms with van der Waals surface area (Å²) in [5, 5.41) is 10.3. The predicted octanol–water partition coefficient (Wildman–Crippen LogP) is 0.361. The monoisotopic (exact) mass is 295 g/mol. The summed E-state index contributed by atoms with van der Waals surface area (Å²) in [7, 11) is -4.13. The van der Waals surface area contributed by atoms with E-state index in [2.05, 4.69) is 0 Å². The van der Waals surface area contributed by atoms with Gasteiger partial charge in [-0.3, -0.25) is 4.79 Å². The van der Waals surface area contributed by atoms with E-state index in [0.29, 0.717) is 0 Å². The van der Waals surface area contributed by atoms with E-state index in [-0.39, 0.29) is 19.8 Å². The second kappa shape index (κ2) is 4.92. The molecule has 1 unspecified atom stereocenters. The van der Waals surface area contributed by atoms with Crippen molar-refractivity contribution < 1.29 is 27.4 Å². The number of ether oxygens (including phenoxy) is 1. The summed E-state index contributed by atoms with van der Waals surface area (Å²) in [5.41, 5.74) is 0. The summed E-state index contributed by atoms with van der Waals surface area (Å²) in [4.78, 5) is 11.0. The van der Waals surface area contributed by atoms with E-state index in [9.17, 15) is 17.6 Å². The maximum atomic E-state index is 13.4. The highest BCUT2D eigenvalue weighted by Crippen LogP contribution is 2.27. The van der Waals surface area contributed by atoms with E-state index in [1.807, 2.05) is 0 Å². The Bertz CT molecular complexity index is 555. The fourth-order valence-electron chi connectivity index (χ4n) is 1.64. The van der Waals surface area contributed by atoms with Gasteiger partial charge in [0, 0.05) is 6.54 Å². The minimum absolute atomic E-state index is 0.0933. The van der Waals surface area contributed by atoms with Crippen molar-refractivity contribution in [1.82, 2.24) is 4.31 Å². The number of morpholine rings is 1. The van der Waals surface area contributed by atoms with Gasteiger partial charge < -0.3 is 9.84 Å². The maximum Gasteiger partial charge on any atom is 0.324 e. The molecule has 18 heavy (non-hydrogen) atoms. The van der Waals surface area contributed by atoms with Crippen molar-refractivity contribution in [2.45, 2.75) is 10.3 Å². The second-order valence-electron chi connectivity index (χ2n) is 3.60. The van der Waals surface area contributed by atoms with Gasteiger partial charge in [-0.25, -0.2) is 12.8 Å². The molecule has 1 aliphatic rings. The number of carboxylic acid groups (broad SMARTS) is 1. The Morgan fingerprint density at radius 2 is 2.33 bits per heavy atom. The van der Waals surface area contributed by atoms with Gasteiger partial charge >= 0.3 is 5.97 Å². The number of halogens is 1. The first-order valence-electron chi connectivity index (χ1n) is 5.00. The predicted molar refractivity (Wildman–Crippen MR) is 60.4 cm³/mol. The zero-order chi connectivity index (χ0) is 13.3. The summed E-state index contributed by atoms with van der Waals surface area (Å²) < 4.78 is 42.9. The molecule has 100 valence electrons. The van der Waals surface area contributed by atoms with Crippen LogP contribution >= 0.6 is 11.3 Å². The van der Waals surface area contributed by atoms with Crippen LogP contribution in [0.3, 0.4) is 0 Å². The van der Waals surface area contributed by atoms with E-state index < -0.39 is 32.1 Å². The standard InChI is InChI=1S/C9H10FNO5S2/c10-6-1-4-17-9(6)18(14,15)11-2-3-16-5-7(11)8(12)13/h1,4,7H,2-3,5H2,(H,12,13). The highest BCUT2D eigenvalue weighted by molar-refractivity contribution is 7.91. The third-order valence-corrected chi connectivity index (χ3v) is 5.81. The Balaban J connectivity index is 2.39. The van der Waals surface area contributed by atoms with Gasteiger partial charge in [-0.1, -0.05) is 0 Å². The van der Waals surface area contributed by atoms with Crippen molar-refractivity contribution in [3.63, 3.8) is 0 Å². The fraction of sp³-hybridized carbons (Fsp3) is 0.444. The van der Waals surface area contributed by atoms with Gasteiger partial charge in [-0.15, -0.1) is 11.3 Å². The van der Waals surface area contributed by atoms with Crippen molar-refractivity contribution in [3.8, 4) is 0 Å². The molecule has 0 aromatic carbocycles. The SMILES string of the molecule is O=C(O)C1COCCN1S(=O)(=O)c1sccc1F. The summed E-state index contributed by atoms with van der Waals surface area (Å²) in [6, 6.07) is -0.279. The molecule has 0 bridgehead atoms. The third-order valence-electron chi connectivity index (χ3n) is 2.49. The molecule has 1 aromatic rings. The molecule has 1 atom stereocenters. The highest BCUT2D eigenvalue weighted by atomic mass is 32.2. The lowest BCUT2D eigenvalue weighted by Gasteiger charge is -2.31. The van der Waals surface area contributed by atoms with Crippen LogP contribution in [0.25, 0.3) is 0 Å². The Hall–Kier alpha value is -1.03. The van der Waals surface area contributed by atoms with E-state index >= 15 is 0 Å². The molecular weight excluding hydrogens is 285 g/mol.